The van der Waals surface area contributed by atoms with E-state index in [4.69, 9.17) is 0 Å². The van der Waals surface area contributed by atoms with Crippen LogP contribution in [0, 0.1) is 5.82 Å². The second-order valence-corrected chi connectivity index (χ2v) is 5.55. The average molecular weight is 303 g/mol. The van der Waals surface area contributed by atoms with Crippen molar-refractivity contribution in [3.8, 4) is 5.75 Å². The number of aromatic hydroxyl groups is 1. The Labute approximate surface area is 130 Å². The second-order valence-electron chi connectivity index (χ2n) is 5.55. The minimum atomic E-state index is -0.850. The largest absolute Gasteiger partial charge is 0.508 e. The Morgan fingerprint density at radius 1 is 1.09 bits per heavy atom. The summed E-state index contributed by atoms with van der Waals surface area (Å²) < 4.78 is 13.6. The molecule has 118 valence electrons. The molecule has 0 bridgehead atoms. The SMILES string of the molecule is C[C@@H](CCc1ccc(O)cc1)NC[C@H](O)c1ccccc1F. The zero-order chi connectivity index (χ0) is 15.9. The predicted molar refractivity (Wildman–Crippen MR) is 85.3 cm³/mol. The van der Waals surface area contributed by atoms with Crippen LogP contribution in [-0.4, -0.2) is 22.8 Å². The molecule has 2 rings (SSSR count). The zero-order valence-electron chi connectivity index (χ0n) is 12.7. The van der Waals surface area contributed by atoms with Crippen LogP contribution in [0.4, 0.5) is 4.39 Å². The Balaban J connectivity index is 1.76. The number of aliphatic hydroxyl groups excluding tert-OH is 1. The Morgan fingerprint density at radius 2 is 1.77 bits per heavy atom. The molecule has 0 fully saturated rings. The summed E-state index contributed by atoms with van der Waals surface area (Å²) in [7, 11) is 0. The molecule has 0 radical (unpaired) electrons. The van der Waals surface area contributed by atoms with E-state index in [0.717, 1.165) is 18.4 Å². The zero-order valence-corrected chi connectivity index (χ0v) is 12.7. The van der Waals surface area contributed by atoms with Crippen LogP contribution >= 0.6 is 0 Å². The maximum atomic E-state index is 13.6. The first-order valence-electron chi connectivity index (χ1n) is 7.50. The number of benzene rings is 2. The maximum Gasteiger partial charge on any atom is 0.129 e. The molecule has 3 nitrogen and oxygen atoms in total. The number of nitrogens with one attached hydrogen (secondary N) is 1. The van der Waals surface area contributed by atoms with Crippen molar-refractivity contribution in [1.82, 2.24) is 5.32 Å². The quantitative estimate of drug-likeness (QED) is 0.736. The number of halogens is 1. The van der Waals surface area contributed by atoms with Gasteiger partial charge >= 0.3 is 0 Å². The molecule has 2 atom stereocenters. The number of aryl methyl sites for hydroxylation is 1. The maximum absolute atomic E-state index is 13.6. The van der Waals surface area contributed by atoms with E-state index in [1.165, 1.54) is 6.07 Å². The summed E-state index contributed by atoms with van der Waals surface area (Å²) in [5.41, 5.74) is 1.47. The van der Waals surface area contributed by atoms with Gasteiger partial charge in [0.2, 0.25) is 0 Å². The highest BCUT2D eigenvalue weighted by Crippen LogP contribution is 2.16. The van der Waals surface area contributed by atoms with Gasteiger partial charge < -0.3 is 15.5 Å². The number of phenolic OH excluding ortho intramolecular Hbond substituents is 1. The molecule has 0 aliphatic rings. The van der Waals surface area contributed by atoms with Crippen LogP contribution in [0.25, 0.3) is 0 Å². The molecule has 0 heterocycles. The van der Waals surface area contributed by atoms with Crippen molar-refractivity contribution in [3.05, 3.63) is 65.5 Å². The van der Waals surface area contributed by atoms with Crippen molar-refractivity contribution >= 4 is 0 Å². The van der Waals surface area contributed by atoms with Gasteiger partial charge in [0.1, 0.15) is 11.6 Å². The number of aliphatic hydroxyl groups is 1. The minimum absolute atomic E-state index is 0.204. The van der Waals surface area contributed by atoms with Gasteiger partial charge in [0.05, 0.1) is 6.10 Å². The van der Waals surface area contributed by atoms with Crippen LogP contribution in [0.5, 0.6) is 5.75 Å². The lowest BCUT2D eigenvalue weighted by Crippen LogP contribution is -2.31. The van der Waals surface area contributed by atoms with E-state index in [9.17, 15) is 14.6 Å². The highest BCUT2D eigenvalue weighted by Gasteiger charge is 2.13. The Hall–Kier alpha value is -1.91. The van der Waals surface area contributed by atoms with Crippen molar-refractivity contribution in [2.75, 3.05) is 6.54 Å². The van der Waals surface area contributed by atoms with Crippen LogP contribution < -0.4 is 5.32 Å². The smallest absolute Gasteiger partial charge is 0.129 e. The molecule has 22 heavy (non-hydrogen) atoms. The lowest BCUT2D eigenvalue weighted by atomic mass is 10.0. The molecule has 0 spiro atoms. The summed E-state index contributed by atoms with van der Waals surface area (Å²) >= 11 is 0. The molecule has 4 heteroatoms. The summed E-state index contributed by atoms with van der Waals surface area (Å²) in [6, 6.07) is 13.6. The van der Waals surface area contributed by atoms with Crippen LogP contribution in [0.1, 0.15) is 30.6 Å². The third-order valence-corrected chi connectivity index (χ3v) is 3.73. The van der Waals surface area contributed by atoms with E-state index in [0.29, 0.717) is 12.1 Å². The second kappa shape index (κ2) is 7.92. The molecule has 2 aromatic rings. The number of phenols is 1. The molecule has 2 aromatic carbocycles. The Bertz CT molecular complexity index is 586. The molecule has 3 N–H and O–H groups in total. The van der Waals surface area contributed by atoms with E-state index in [1.807, 2.05) is 19.1 Å². The number of hydrogen-bond donors (Lipinski definition) is 3. The van der Waals surface area contributed by atoms with Crippen LogP contribution in [0.2, 0.25) is 0 Å². The number of rotatable bonds is 7. The fraction of sp³-hybridized carbons (Fsp3) is 0.333. The van der Waals surface area contributed by atoms with Gasteiger partial charge in [-0.2, -0.15) is 0 Å². The van der Waals surface area contributed by atoms with Crippen LogP contribution in [-0.2, 0) is 6.42 Å². The third-order valence-electron chi connectivity index (χ3n) is 3.73. The molecule has 0 aliphatic carbocycles. The first-order chi connectivity index (χ1) is 10.6. The van der Waals surface area contributed by atoms with Crippen molar-refractivity contribution in [2.24, 2.45) is 0 Å². The van der Waals surface area contributed by atoms with Crippen LogP contribution in [0.3, 0.4) is 0 Å². The van der Waals surface area contributed by atoms with Gasteiger partial charge in [0, 0.05) is 18.2 Å². The first kappa shape index (κ1) is 16.5. The monoisotopic (exact) mass is 303 g/mol. The Morgan fingerprint density at radius 3 is 2.45 bits per heavy atom. The molecular weight excluding hydrogens is 281 g/mol. The first-order valence-corrected chi connectivity index (χ1v) is 7.50. The summed E-state index contributed by atoms with van der Waals surface area (Å²) in [5.74, 6) is -0.114. The van der Waals surface area contributed by atoms with Gasteiger partial charge in [-0.1, -0.05) is 30.3 Å². The van der Waals surface area contributed by atoms with E-state index < -0.39 is 6.10 Å². The third kappa shape index (κ3) is 4.83. The summed E-state index contributed by atoms with van der Waals surface area (Å²) in [5, 5.41) is 22.5. The molecule has 0 aromatic heterocycles. The molecular formula is C18H22FNO2. The highest BCUT2D eigenvalue weighted by molar-refractivity contribution is 5.26. The fourth-order valence-corrected chi connectivity index (χ4v) is 2.32. The van der Waals surface area contributed by atoms with E-state index in [2.05, 4.69) is 5.32 Å². The molecule has 0 saturated heterocycles. The lowest BCUT2D eigenvalue weighted by Gasteiger charge is -2.18. The van der Waals surface area contributed by atoms with E-state index in [1.54, 1.807) is 30.3 Å². The molecule has 0 amide bonds. The molecule has 0 aliphatic heterocycles. The van der Waals surface area contributed by atoms with E-state index >= 15 is 0 Å². The van der Waals surface area contributed by atoms with Gasteiger partial charge in [-0.25, -0.2) is 4.39 Å². The Kier molecular flexibility index (Phi) is 5.92. The van der Waals surface area contributed by atoms with Crippen LogP contribution in [0.15, 0.2) is 48.5 Å². The van der Waals surface area contributed by atoms with Crippen molar-refractivity contribution in [3.63, 3.8) is 0 Å². The van der Waals surface area contributed by atoms with Crippen molar-refractivity contribution in [2.45, 2.75) is 31.9 Å². The normalized spacial score (nSPS) is 13.8. The standard InChI is InChI=1S/C18H22FNO2/c1-13(6-7-14-8-10-15(21)11-9-14)20-12-18(22)16-4-2-3-5-17(16)19/h2-5,8-11,13,18,20-22H,6-7,12H2,1H3/t13-,18-/m0/s1. The van der Waals surface area contributed by atoms with Crippen molar-refractivity contribution in [1.29, 1.82) is 0 Å². The molecule has 0 saturated carbocycles. The molecule has 0 unspecified atom stereocenters. The topological polar surface area (TPSA) is 52.5 Å². The predicted octanol–water partition coefficient (Wildman–Crippen LogP) is 3.18. The van der Waals surface area contributed by atoms with Gasteiger partial charge in [0.25, 0.3) is 0 Å². The number of hydrogen-bond acceptors (Lipinski definition) is 3. The fourth-order valence-electron chi connectivity index (χ4n) is 2.32. The summed E-state index contributed by atoms with van der Waals surface area (Å²) in [4.78, 5) is 0. The highest BCUT2D eigenvalue weighted by atomic mass is 19.1. The van der Waals surface area contributed by atoms with Gasteiger partial charge in [-0.3, -0.25) is 0 Å². The summed E-state index contributed by atoms with van der Waals surface area (Å²) in [6.07, 6.45) is 0.927. The van der Waals surface area contributed by atoms with Gasteiger partial charge in [-0.15, -0.1) is 0 Å². The minimum Gasteiger partial charge on any atom is -0.508 e. The van der Waals surface area contributed by atoms with Gasteiger partial charge in [-0.05, 0) is 43.5 Å². The summed E-state index contributed by atoms with van der Waals surface area (Å²) in [6.45, 7) is 2.35. The average Bonchev–Trinajstić information content (AvgIpc) is 2.52. The van der Waals surface area contributed by atoms with Crippen molar-refractivity contribution < 1.29 is 14.6 Å². The van der Waals surface area contributed by atoms with Gasteiger partial charge in [0.15, 0.2) is 0 Å². The lowest BCUT2D eigenvalue weighted by molar-refractivity contribution is 0.165. The van der Waals surface area contributed by atoms with E-state index in [-0.39, 0.29) is 17.6 Å².